The predicted octanol–water partition coefficient (Wildman–Crippen LogP) is 8.38. The Hall–Kier alpha value is -5.96. The number of anilines is 2. The predicted molar refractivity (Wildman–Crippen MR) is 275 cm³/mol. The fraction of sp³-hybridized carbons (Fsp3) is 0.509. The summed E-state index contributed by atoms with van der Waals surface area (Å²) in [6.45, 7) is 9.08. The Balaban J connectivity index is 0.846. The van der Waals surface area contributed by atoms with E-state index in [1.165, 1.54) is 30.0 Å². The zero-order valence-electron chi connectivity index (χ0n) is 41.3. The molecular formula is C53H63N7O11S2. The van der Waals surface area contributed by atoms with Gasteiger partial charge in [-0.3, -0.25) is 19.8 Å². The molecule has 2 aliphatic carbocycles. The van der Waals surface area contributed by atoms with E-state index in [0.29, 0.717) is 54.7 Å². The number of nitrogens with zero attached hydrogens (tertiary/aromatic N) is 4. The normalized spacial score (nSPS) is 25.1. The van der Waals surface area contributed by atoms with Crippen LogP contribution in [0.2, 0.25) is 0 Å². The molecule has 2 saturated carbocycles. The third-order valence-corrected chi connectivity index (χ3v) is 19.6. The molecule has 73 heavy (non-hydrogen) atoms. The molecule has 388 valence electrons. The summed E-state index contributed by atoms with van der Waals surface area (Å²) >= 11 is 0. The van der Waals surface area contributed by atoms with Crippen molar-refractivity contribution >= 4 is 53.9 Å². The molecule has 2 aromatic heterocycles. The maximum Gasteiger partial charge on any atom is 0.297 e. The number of sulfone groups is 1. The Bertz CT molecular complexity index is 3180. The number of hydrogen-bond donors (Lipinski definition) is 4. The van der Waals surface area contributed by atoms with Crippen LogP contribution in [0, 0.1) is 21.4 Å². The van der Waals surface area contributed by atoms with Gasteiger partial charge in [-0.05, 0) is 130 Å². The first-order chi connectivity index (χ1) is 34.8. The van der Waals surface area contributed by atoms with Crippen molar-refractivity contribution in [1.29, 1.82) is 0 Å². The number of piperidine rings is 1. The highest BCUT2D eigenvalue weighted by molar-refractivity contribution is 7.92. The first-order valence-corrected chi connectivity index (χ1v) is 28.9. The van der Waals surface area contributed by atoms with Crippen molar-refractivity contribution in [2.24, 2.45) is 11.3 Å². The third-order valence-electron chi connectivity index (χ3n) is 16.5. The van der Waals surface area contributed by atoms with Gasteiger partial charge in [-0.15, -0.1) is 0 Å². The van der Waals surface area contributed by atoms with E-state index in [2.05, 4.69) is 67.9 Å². The van der Waals surface area contributed by atoms with Gasteiger partial charge in [-0.2, -0.15) is 4.98 Å². The number of aromatic amines is 1. The van der Waals surface area contributed by atoms with Gasteiger partial charge in [0.2, 0.25) is 0 Å². The number of nitrogens with one attached hydrogen (secondary N) is 3. The molecular weight excluding hydrogens is 975 g/mol. The summed E-state index contributed by atoms with van der Waals surface area (Å²) in [6, 6.07) is 20.0. The van der Waals surface area contributed by atoms with E-state index in [9.17, 15) is 36.9 Å². The molecule has 2 atom stereocenters. The van der Waals surface area contributed by atoms with E-state index in [0.717, 1.165) is 63.1 Å². The topological polar surface area (TPSA) is 236 Å². The first-order valence-electron chi connectivity index (χ1n) is 25.6. The zero-order chi connectivity index (χ0) is 51.0. The van der Waals surface area contributed by atoms with Crippen molar-refractivity contribution in [1.82, 2.24) is 19.6 Å². The minimum Gasteiger partial charge on any atom is -0.489 e. The summed E-state index contributed by atoms with van der Waals surface area (Å²) in [5.74, 6) is -0.925. The molecule has 11 rings (SSSR count). The Labute approximate surface area is 425 Å². The number of likely N-dealkylation sites (tertiary alicyclic amines) is 1. The number of nitro benzene ring substituents is 1. The lowest BCUT2D eigenvalue weighted by Crippen LogP contribution is -2.54. The van der Waals surface area contributed by atoms with Crippen LogP contribution in [0.3, 0.4) is 0 Å². The fourth-order valence-electron chi connectivity index (χ4n) is 12.4. The molecule has 5 aromatic rings. The number of nitro groups is 1. The van der Waals surface area contributed by atoms with Crippen LogP contribution in [0.15, 0.2) is 77.8 Å². The number of aromatic nitrogens is 2. The largest absolute Gasteiger partial charge is 0.489 e. The number of sulfonamides is 1. The van der Waals surface area contributed by atoms with Crippen LogP contribution < -0.4 is 29.1 Å². The van der Waals surface area contributed by atoms with Gasteiger partial charge in [0.1, 0.15) is 24.1 Å². The number of benzene rings is 3. The van der Waals surface area contributed by atoms with Crippen LogP contribution in [-0.2, 0) is 19.9 Å². The molecule has 6 aliphatic rings. The molecule has 3 saturated heterocycles. The van der Waals surface area contributed by atoms with Gasteiger partial charge < -0.3 is 34.5 Å². The van der Waals surface area contributed by atoms with Crippen molar-refractivity contribution in [3.05, 3.63) is 99.7 Å². The van der Waals surface area contributed by atoms with Gasteiger partial charge in [0.05, 0.1) is 38.5 Å². The van der Waals surface area contributed by atoms with Crippen molar-refractivity contribution in [2.45, 2.75) is 126 Å². The molecule has 1 spiro atoms. The van der Waals surface area contributed by atoms with Crippen LogP contribution in [0.25, 0.3) is 11.0 Å². The minimum atomic E-state index is -4.77. The number of pyridine rings is 1. The quantitative estimate of drug-likeness (QED) is 0.0640. The lowest BCUT2D eigenvalue weighted by atomic mass is 9.59. The number of ether oxygens (including phenoxy) is 3. The molecule has 1 amide bonds. The van der Waals surface area contributed by atoms with Crippen molar-refractivity contribution in [3.63, 3.8) is 0 Å². The number of H-pyrrole nitrogens is 1. The Kier molecular flexibility index (Phi) is 12.7. The van der Waals surface area contributed by atoms with Crippen LogP contribution in [0.1, 0.15) is 118 Å². The molecule has 0 unspecified atom stereocenters. The lowest BCUT2D eigenvalue weighted by Gasteiger charge is -2.56. The zero-order valence-corrected chi connectivity index (χ0v) is 43.0. The maximum absolute atomic E-state index is 14.4. The SMILES string of the molecule is CC(C)c1ccccc1[C@@H]1CCCN1C1CC2(CCN(c3ccc(C(=O)NS(=O)(=O)c4cc5c(c([N+](=O)[O-])c4)N[C@@H](C4CCC(C)(O)CC4)CO5)c(Oc4cc5cc[nH]c5nc4OC4CS(=O)(=O)C4)c3)CC2)C1. The van der Waals surface area contributed by atoms with E-state index < -0.39 is 53.0 Å². The van der Waals surface area contributed by atoms with Gasteiger partial charge in [0.15, 0.2) is 27.0 Å². The van der Waals surface area contributed by atoms with Crippen molar-refractivity contribution < 1.29 is 45.9 Å². The van der Waals surface area contributed by atoms with E-state index in [4.69, 9.17) is 14.2 Å². The summed E-state index contributed by atoms with van der Waals surface area (Å²) in [5, 5.41) is 26.9. The number of hydrogen-bond acceptors (Lipinski definition) is 15. The Morgan fingerprint density at radius 1 is 0.986 bits per heavy atom. The standard InChI is InChI=1S/C53H63N7O11S2/c1-32(2)39-7-4-5-8-40(39)43-9-6-20-59(43)36-27-53(28-36)17-21-58(22-18-53)35-10-11-41(45(24-35)71-47-23-34-14-19-54-49(34)56-51(47)70-37-30-72(65,66)31-37)50(61)57-73(67,68)38-25-44(60(63)64)48-46(26-38)69-29-42(55-48)33-12-15-52(3,62)16-13-33/h4-5,7-8,10-11,14,19,23-26,32-33,36-37,42-43,55,62H,6,9,12-13,15-18,20-22,27-31H2,1-3H3,(H,54,56)(H,57,61)/t33?,42-,43+,52?/m1/s1. The van der Waals surface area contributed by atoms with Gasteiger partial charge in [0, 0.05) is 60.6 Å². The molecule has 5 fully saturated rings. The van der Waals surface area contributed by atoms with Crippen LogP contribution in [0.5, 0.6) is 23.1 Å². The molecule has 4 aliphatic heterocycles. The van der Waals surface area contributed by atoms with Gasteiger partial charge in [-0.1, -0.05) is 38.1 Å². The summed E-state index contributed by atoms with van der Waals surface area (Å²) in [4.78, 5) is 38.3. The molecule has 3 aromatic carbocycles. The lowest BCUT2D eigenvalue weighted by molar-refractivity contribution is -0.384. The van der Waals surface area contributed by atoms with Crippen LogP contribution in [0.4, 0.5) is 17.1 Å². The van der Waals surface area contributed by atoms with Crippen molar-refractivity contribution in [2.75, 3.05) is 48.0 Å². The molecule has 6 heterocycles. The second kappa shape index (κ2) is 18.8. The van der Waals surface area contributed by atoms with Crippen LogP contribution >= 0.6 is 0 Å². The van der Waals surface area contributed by atoms with E-state index in [1.54, 1.807) is 37.4 Å². The number of aliphatic hydroxyl groups is 1. The summed E-state index contributed by atoms with van der Waals surface area (Å²) in [5.41, 5.74) is 2.92. The minimum absolute atomic E-state index is 0.0146. The van der Waals surface area contributed by atoms with Gasteiger partial charge in [-0.25, -0.2) is 21.6 Å². The number of carbonyl (C=O) groups excluding carboxylic acids is 1. The van der Waals surface area contributed by atoms with Gasteiger partial charge in [0.25, 0.3) is 27.5 Å². The Morgan fingerprint density at radius 3 is 2.47 bits per heavy atom. The van der Waals surface area contributed by atoms with Crippen molar-refractivity contribution in [3.8, 4) is 23.1 Å². The smallest absolute Gasteiger partial charge is 0.297 e. The highest BCUT2D eigenvalue weighted by Gasteiger charge is 2.50. The summed E-state index contributed by atoms with van der Waals surface area (Å²) < 4.78 is 73.3. The second-order valence-corrected chi connectivity index (χ2v) is 25.8. The average Bonchev–Trinajstić information content (AvgIpc) is 4.02. The number of fused-ring (bicyclic) bond motifs is 2. The molecule has 4 N–H and O–H groups in total. The monoisotopic (exact) mass is 1040 g/mol. The van der Waals surface area contributed by atoms with E-state index >= 15 is 0 Å². The average molecular weight is 1040 g/mol. The Morgan fingerprint density at radius 2 is 1.74 bits per heavy atom. The van der Waals surface area contributed by atoms with E-state index in [-0.39, 0.29) is 69.9 Å². The molecule has 18 nitrogen and oxygen atoms in total. The molecule has 20 heteroatoms. The van der Waals surface area contributed by atoms with E-state index in [1.807, 2.05) is 0 Å². The van der Waals surface area contributed by atoms with Crippen LogP contribution in [-0.4, -0.2) is 109 Å². The highest BCUT2D eigenvalue weighted by atomic mass is 32.2. The number of carbonyl (C=O) groups is 1. The molecule has 0 radical (unpaired) electrons. The number of amides is 1. The second-order valence-electron chi connectivity index (χ2n) is 21.9. The highest BCUT2D eigenvalue weighted by Crippen LogP contribution is 2.55. The van der Waals surface area contributed by atoms with Gasteiger partial charge >= 0.3 is 0 Å². The third kappa shape index (κ3) is 9.82. The maximum atomic E-state index is 14.4. The summed E-state index contributed by atoms with van der Waals surface area (Å²) in [7, 11) is -8.03. The number of rotatable bonds is 13. The summed E-state index contributed by atoms with van der Waals surface area (Å²) in [6.07, 6.45) is 10.1. The molecule has 0 bridgehead atoms. The fourth-order valence-corrected chi connectivity index (χ4v) is 14.5. The first kappa shape index (κ1) is 49.3.